The predicted molar refractivity (Wildman–Crippen MR) is 119 cm³/mol. The molecular formula is C24H19FN4O2. The molecule has 0 unspecified atom stereocenters. The number of rotatable bonds is 4. The molecule has 0 fully saturated rings. The maximum Gasteiger partial charge on any atom is 0.220 e. The van der Waals surface area contributed by atoms with E-state index < -0.39 is 5.95 Å². The molecule has 7 heteroatoms. The maximum atomic E-state index is 14.4. The quantitative estimate of drug-likeness (QED) is 0.415. The van der Waals surface area contributed by atoms with E-state index in [0.29, 0.717) is 45.2 Å². The number of methoxy groups -OCH3 is 1. The summed E-state index contributed by atoms with van der Waals surface area (Å²) in [5, 5.41) is 12.0. The number of fused-ring (bicyclic) bond motifs is 2. The molecule has 2 aromatic carbocycles. The first-order valence-electron chi connectivity index (χ1n) is 9.70. The molecule has 3 heterocycles. The van der Waals surface area contributed by atoms with Crippen LogP contribution >= 0.6 is 0 Å². The molecule has 0 saturated carbocycles. The van der Waals surface area contributed by atoms with Crippen molar-refractivity contribution >= 4 is 27.5 Å². The van der Waals surface area contributed by atoms with E-state index in [0.717, 1.165) is 11.3 Å². The number of nitrogens with zero attached hydrogens (tertiary/aromatic N) is 3. The minimum atomic E-state index is -0.574. The van der Waals surface area contributed by atoms with E-state index in [-0.39, 0.29) is 5.88 Å². The molecule has 31 heavy (non-hydrogen) atoms. The second-order valence-corrected chi connectivity index (χ2v) is 7.26. The van der Waals surface area contributed by atoms with Gasteiger partial charge in [-0.2, -0.15) is 4.39 Å². The first-order valence-corrected chi connectivity index (χ1v) is 9.70. The third-order valence-corrected chi connectivity index (χ3v) is 5.42. The normalized spacial score (nSPS) is 11.3. The molecule has 0 aliphatic heterocycles. The van der Waals surface area contributed by atoms with Crippen LogP contribution < -0.4 is 10.5 Å². The molecule has 0 aliphatic carbocycles. The molecule has 3 aromatic heterocycles. The van der Waals surface area contributed by atoms with Crippen LogP contribution in [-0.4, -0.2) is 26.8 Å². The highest BCUT2D eigenvalue weighted by Gasteiger charge is 2.18. The van der Waals surface area contributed by atoms with Crippen LogP contribution in [0.4, 0.5) is 10.1 Å². The summed E-state index contributed by atoms with van der Waals surface area (Å²) in [5.74, 6) is 0.226. The molecule has 5 aromatic rings. The SMILES string of the molecule is COc1ccc(Cn2cc3nc4c(-c5cccnc5F)cccc4c(N)c3c2O)cc1. The Morgan fingerprint density at radius 2 is 1.84 bits per heavy atom. The summed E-state index contributed by atoms with van der Waals surface area (Å²) in [6.07, 6.45) is 3.16. The zero-order chi connectivity index (χ0) is 21.5. The predicted octanol–water partition coefficient (Wildman–Crippen LogP) is 4.74. The topological polar surface area (TPSA) is 86.2 Å². The number of para-hydroxylation sites is 1. The molecule has 3 N–H and O–H groups in total. The monoisotopic (exact) mass is 414 g/mol. The Hall–Kier alpha value is -4.13. The van der Waals surface area contributed by atoms with E-state index in [1.807, 2.05) is 30.3 Å². The third-order valence-electron chi connectivity index (χ3n) is 5.42. The fraction of sp³-hybridized carbons (Fsp3) is 0.0833. The summed E-state index contributed by atoms with van der Waals surface area (Å²) in [5.41, 5.74) is 9.87. The van der Waals surface area contributed by atoms with Gasteiger partial charge in [0.1, 0.15) is 5.75 Å². The van der Waals surface area contributed by atoms with E-state index in [9.17, 15) is 9.50 Å². The number of aromatic hydroxyl groups is 1. The van der Waals surface area contributed by atoms with Crippen molar-refractivity contribution in [1.82, 2.24) is 14.5 Å². The molecule has 0 spiro atoms. The smallest absolute Gasteiger partial charge is 0.220 e. The van der Waals surface area contributed by atoms with Crippen LogP contribution in [0.2, 0.25) is 0 Å². The van der Waals surface area contributed by atoms with E-state index in [1.165, 1.54) is 6.20 Å². The lowest BCUT2D eigenvalue weighted by atomic mass is 10.0. The third kappa shape index (κ3) is 3.11. The van der Waals surface area contributed by atoms with Crippen LogP contribution in [0.3, 0.4) is 0 Å². The van der Waals surface area contributed by atoms with Crippen molar-refractivity contribution in [2.75, 3.05) is 12.8 Å². The molecule has 0 radical (unpaired) electrons. The van der Waals surface area contributed by atoms with Crippen molar-refractivity contribution in [3.63, 3.8) is 0 Å². The Kier molecular flexibility index (Phi) is 4.43. The number of pyridine rings is 2. The maximum absolute atomic E-state index is 14.4. The van der Waals surface area contributed by atoms with Gasteiger partial charge >= 0.3 is 0 Å². The summed E-state index contributed by atoms with van der Waals surface area (Å²) >= 11 is 0. The summed E-state index contributed by atoms with van der Waals surface area (Å²) in [6, 6.07) is 16.3. The first-order chi connectivity index (χ1) is 15.1. The number of aromatic nitrogens is 3. The highest BCUT2D eigenvalue weighted by molar-refractivity contribution is 6.12. The Balaban J connectivity index is 1.68. The zero-order valence-electron chi connectivity index (χ0n) is 16.7. The lowest BCUT2D eigenvalue weighted by Crippen LogP contribution is -1.97. The van der Waals surface area contributed by atoms with Crippen molar-refractivity contribution in [2.24, 2.45) is 0 Å². The Labute approximate surface area is 177 Å². The van der Waals surface area contributed by atoms with Crippen molar-refractivity contribution in [3.05, 3.63) is 78.5 Å². The fourth-order valence-electron chi connectivity index (χ4n) is 3.86. The highest BCUT2D eigenvalue weighted by atomic mass is 19.1. The van der Waals surface area contributed by atoms with Gasteiger partial charge in [-0.15, -0.1) is 0 Å². The first kappa shape index (κ1) is 18.9. The molecule has 6 nitrogen and oxygen atoms in total. The van der Waals surface area contributed by atoms with E-state index in [4.69, 9.17) is 15.5 Å². The van der Waals surface area contributed by atoms with Gasteiger partial charge in [0.05, 0.1) is 35.8 Å². The van der Waals surface area contributed by atoms with Gasteiger partial charge in [-0.1, -0.05) is 30.3 Å². The second-order valence-electron chi connectivity index (χ2n) is 7.26. The summed E-state index contributed by atoms with van der Waals surface area (Å²) in [4.78, 5) is 8.48. The Bertz CT molecular complexity index is 1430. The van der Waals surface area contributed by atoms with Crippen LogP contribution in [0.5, 0.6) is 11.6 Å². The minimum absolute atomic E-state index is 0.0377. The van der Waals surface area contributed by atoms with E-state index in [2.05, 4.69) is 4.98 Å². The Morgan fingerprint density at radius 1 is 1.06 bits per heavy atom. The van der Waals surface area contributed by atoms with Crippen LogP contribution in [0, 0.1) is 5.95 Å². The summed E-state index contributed by atoms with van der Waals surface area (Å²) in [7, 11) is 1.62. The number of anilines is 1. The van der Waals surface area contributed by atoms with E-state index >= 15 is 0 Å². The molecule has 0 amide bonds. The van der Waals surface area contributed by atoms with Crippen LogP contribution in [-0.2, 0) is 6.54 Å². The lowest BCUT2D eigenvalue weighted by molar-refractivity contribution is 0.414. The fourth-order valence-corrected chi connectivity index (χ4v) is 3.86. The zero-order valence-corrected chi connectivity index (χ0v) is 16.7. The lowest BCUT2D eigenvalue weighted by Gasteiger charge is -2.09. The number of benzene rings is 2. The number of hydrogen-bond donors (Lipinski definition) is 2. The van der Waals surface area contributed by atoms with Crippen molar-refractivity contribution < 1.29 is 14.2 Å². The van der Waals surface area contributed by atoms with Crippen molar-refractivity contribution in [1.29, 1.82) is 0 Å². The molecule has 154 valence electrons. The number of halogens is 1. The molecular weight excluding hydrogens is 395 g/mol. The molecule has 5 rings (SSSR count). The minimum Gasteiger partial charge on any atom is -0.497 e. The Morgan fingerprint density at radius 3 is 2.58 bits per heavy atom. The number of hydrogen-bond acceptors (Lipinski definition) is 5. The number of nitrogen functional groups attached to an aromatic ring is 1. The summed E-state index contributed by atoms with van der Waals surface area (Å²) in [6.45, 7) is 0.437. The van der Waals surface area contributed by atoms with Gasteiger partial charge in [-0.3, -0.25) is 0 Å². The number of ether oxygens (including phenoxy) is 1. The van der Waals surface area contributed by atoms with E-state index in [1.54, 1.807) is 42.1 Å². The average molecular weight is 414 g/mol. The van der Waals surface area contributed by atoms with Crippen molar-refractivity contribution in [2.45, 2.75) is 6.54 Å². The standard InChI is InChI=1S/C24H19FN4O2/c1-31-15-9-7-14(8-10-15)12-29-13-19-20(24(29)30)21(26)18-5-2-4-16(22(18)28-19)17-6-3-11-27-23(17)25/h2-11,13,30H,12,26H2,1H3. The van der Waals surface area contributed by atoms with Gasteiger partial charge in [0.25, 0.3) is 0 Å². The molecule has 0 bridgehead atoms. The van der Waals surface area contributed by atoms with Gasteiger partial charge in [0.2, 0.25) is 11.8 Å². The summed E-state index contributed by atoms with van der Waals surface area (Å²) < 4.78 is 21.2. The van der Waals surface area contributed by atoms with Crippen LogP contribution in [0.15, 0.2) is 67.0 Å². The van der Waals surface area contributed by atoms with Gasteiger partial charge in [-0.25, -0.2) is 9.97 Å². The van der Waals surface area contributed by atoms with Gasteiger partial charge in [-0.05, 0) is 29.8 Å². The van der Waals surface area contributed by atoms with Gasteiger partial charge < -0.3 is 20.1 Å². The van der Waals surface area contributed by atoms with Crippen LogP contribution in [0.25, 0.3) is 32.9 Å². The second kappa shape index (κ2) is 7.28. The average Bonchev–Trinajstić information content (AvgIpc) is 3.10. The molecule has 0 saturated heterocycles. The largest absolute Gasteiger partial charge is 0.497 e. The number of nitrogens with two attached hydrogens (primary N) is 1. The highest BCUT2D eigenvalue weighted by Crippen LogP contribution is 2.39. The van der Waals surface area contributed by atoms with Crippen molar-refractivity contribution in [3.8, 4) is 22.8 Å². The molecule has 0 atom stereocenters. The van der Waals surface area contributed by atoms with Gasteiger partial charge in [0.15, 0.2) is 0 Å². The molecule has 0 aliphatic rings. The van der Waals surface area contributed by atoms with Crippen LogP contribution in [0.1, 0.15) is 5.56 Å². The van der Waals surface area contributed by atoms with Gasteiger partial charge in [0, 0.05) is 28.9 Å².